The van der Waals surface area contributed by atoms with E-state index < -0.39 is 0 Å². The number of hydrogen-bond acceptors (Lipinski definition) is 4. The van der Waals surface area contributed by atoms with Crippen molar-refractivity contribution in [2.75, 3.05) is 13.1 Å². The van der Waals surface area contributed by atoms with Crippen molar-refractivity contribution in [1.82, 2.24) is 24.5 Å². The fourth-order valence-electron chi connectivity index (χ4n) is 4.02. The molecule has 0 amide bonds. The molecule has 1 aromatic carbocycles. The fourth-order valence-corrected chi connectivity index (χ4v) is 4.02. The highest BCUT2D eigenvalue weighted by atomic mass is 15.2. The molecule has 3 aromatic heterocycles. The van der Waals surface area contributed by atoms with Crippen molar-refractivity contribution in [3.05, 3.63) is 72.3 Å². The maximum atomic E-state index is 4.59. The van der Waals surface area contributed by atoms with Crippen LogP contribution in [-0.4, -0.2) is 37.6 Å². The maximum absolute atomic E-state index is 4.59. The molecule has 26 heavy (non-hydrogen) atoms. The van der Waals surface area contributed by atoms with Gasteiger partial charge in [0.05, 0.1) is 5.52 Å². The van der Waals surface area contributed by atoms with Crippen molar-refractivity contribution in [3.63, 3.8) is 0 Å². The highest BCUT2D eigenvalue weighted by Crippen LogP contribution is 2.28. The highest BCUT2D eigenvalue weighted by Gasteiger charge is 2.24. The van der Waals surface area contributed by atoms with Gasteiger partial charge in [0.1, 0.15) is 5.82 Å². The number of likely N-dealkylation sites (tertiary alicyclic amines) is 1. The molecule has 130 valence electrons. The number of hydrogen-bond donors (Lipinski definition) is 0. The Hall–Kier alpha value is -2.79. The molecule has 0 bridgehead atoms. The molecule has 5 rings (SSSR count). The third kappa shape index (κ3) is 2.74. The molecule has 5 nitrogen and oxygen atoms in total. The third-order valence-electron chi connectivity index (χ3n) is 5.40. The van der Waals surface area contributed by atoms with Crippen molar-refractivity contribution in [1.29, 1.82) is 0 Å². The molecule has 5 heteroatoms. The van der Waals surface area contributed by atoms with Gasteiger partial charge in [-0.2, -0.15) is 0 Å². The summed E-state index contributed by atoms with van der Waals surface area (Å²) in [5, 5.41) is 9.98. The minimum Gasteiger partial charge on any atom is -0.299 e. The van der Waals surface area contributed by atoms with Crippen LogP contribution in [0.5, 0.6) is 0 Å². The number of benzene rings is 1. The van der Waals surface area contributed by atoms with E-state index >= 15 is 0 Å². The Labute approximate surface area is 152 Å². The lowest BCUT2D eigenvalue weighted by molar-refractivity contribution is 0.202. The number of nitrogens with zero attached hydrogens (tertiary/aromatic N) is 5. The normalized spacial score (nSPS) is 16.5. The summed E-state index contributed by atoms with van der Waals surface area (Å²) >= 11 is 0. The van der Waals surface area contributed by atoms with Crippen LogP contribution in [0.4, 0.5) is 0 Å². The van der Waals surface area contributed by atoms with Gasteiger partial charge < -0.3 is 0 Å². The SMILES string of the molecule is c1cnc2c(CN3CCC(c4nnc5ccccn45)CC3)cccc2c1. The molecule has 0 radical (unpaired) electrons. The zero-order valence-corrected chi connectivity index (χ0v) is 14.6. The molecule has 1 saturated heterocycles. The second-order valence-corrected chi connectivity index (χ2v) is 7.03. The Morgan fingerprint density at radius 2 is 1.81 bits per heavy atom. The van der Waals surface area contributed by atoms with Gasteiger partial charge in [-0.15, -0.1) is 10.2 Å². The van der Waals surface area contributed by atoms with E-state index in [-0.39, 0.29) is 0 Å². The van der Waals surface area contributed by atoms with Gasteiger partial charge in [-0.05, 0) is 49.7 Å². The Morgan fingerprint density at radius 3 is 2.73 bits per heavy atom. The molecule has 4 heterocycles. The predicted octanol–water partition coefficient (Wildman–Crippen LogP) is 3.66. The van der Waals surface area contributed by atoms with E-state index in [0.29, 0.717) is 5.92 Å². The first-order valence-electron chi connectivity index (χ1n) is 9.23. The first-order chi connectivity index (χ1) is 12.9. The summed E-state index contributed by atoms with van der Waals surface area (Å²) in [7, 11) is 0. The van der Waals surface area contributed by atoms with Crippen LogP contribution in [0.1, 0.15) is 30.1 Å². The molecule has 1 aliphatic heterocycles. The Morgan fingerprint density at radius 1 is 0.923 bits per heavy atom. The van der Waals surface area contributed by atoms with Crippen LogP contribution in [0.25, 0.3) is 16.6 Å². The summed E-state index contributed by atoms with van der Waals surface area (Å²) in [5.74, 6) is 1.58. The fraction of sp³-hybridized carbons (Fsp3) is 0.286. The number of aromatic nitrogens is 4. The lowest BCUT2D eigenvalue weighted by Crippen LogP contribution is -2.33. The molecule has 0 spiro atoms. The smallest absolute Gasteiger partial charge is 0.160 e. The molecule has 0 aliphatic carbocycles. The highest BCUT2D eigenvalue weighted by molar-refractivity contribution is 5.81. The van der Waals surface area contributed by atoms with E-state index in [1.165, 1.54) is 10.9 Å². The van der Waals surface area contributed by atoms with Gasteiger partial charge in [-0.3, -0.25) is 14.3 Å². The molecular formula is C21H21N5. The van der Waals surface area contributed by atoms with E-state index in [1.807, 2.05) is 30.5 Å². The minimum atomic E-state index is 0.481. The first kappa shape index (κ1) is 15.5. The van der Waals surface area contributed by atoms with Crippen molar-refractivity contribution >= 4 is 16.6 Å². The largest absolute Gasteiger partial charge is 0.299 e. The molecule has 0 saturated carbocycles. The molecule has 0 unspecified atom stereocenters. The van der Waals surface area contributed by atoms with E-state index in [9.17, 15) is 0 Å². The van der Waals surface area contributed by atoms with Gasteiger partial charge in [0.25, 0.3) is 0 Å². The van der Waals surface area contributed by atoms with E-state index in [1.54, 1.807) is 0 Å². The summed E-state index contributed by atoms with van der Waals surface area (Å²) in [6.07, 6.45) is 6.19. The standard InChI is InChI=1S/C21H21N5/c1-2-12-26-19(8-1)23-24-21(26)17-9-13-25(14-10-17)15-18-6-3-5-16-7-4-11-22-20(16)18/h1-8,11-12,17H,9-10,13-15H2. The maximum Gasteiger partial charge on any atom is 0.160 e. The van der Waals surface area contributed by atoms with Crippen molar-refractivity contribution in [2.45, 2.75) is 25.3 Å². The van der Waals surface area contributed by atoms with Gasteiger partial charge in [0, 0.05) is 30.2 Å². The summed E-state index contributed by atoms with van der Waals surface area (Å²) < 4.78 is 2.13. The van der Waals surface area contributed by atoms with Gasteiger partial charge in [-0.25, -0.2) is 0 Å². The van der Waals surface area contributed by atoms with Crippen molar-refractivity contribution < 1.29 is 0 Å². The number of pyridine rings is 2. The summed E-state index contributed by atoms with van der Waals surface area (Å²) in [5.41, 5.74) is 3.38. The quantitative estimate of drug-likeness (QED) is 0.569. The van der Waals surface area contributed by atoms with Crippen molar-refractivity contribution in [2.24, 2.45) is 0 Å². The average Bonchev–Trinajstić information content (AvgIpc) is 3.13. The van der Waals surface area contributed by atoms with Crippen molar-refractivity contribution in [3.8, 4) is 0 Å². The molecule has 1 aliphatic rings. The summed E-state index contributed by atoms with van der Waals surface area (Å²) in [6, 6.07) is 16.7. The Bertz CT molecular complexity index is 1040. The minimum absolute atomic E-state index is 0.481. The van der Waals surface area contributed by atoms with Gasteiger partial charge >= 0.3 is 0 Å². The molecular weight excluding hydrogens is 322 g/mol. The first-order valence-corrected chi connectivity index (χ1v) is 9.23. The number of piperidine rings is 1. The third-order valence-corrected chi connectivity index (χ3v) is 5.40. The van der Waals surface area contributed by atoms with Crippen LogP contribution in [0.2, 0.25) is 0 Å². The van der Waals surface area contributed by atoms with Crippen LogP contribution < -0.4 is 0 Å². The van der Waals surface area contributed by atoms with Crippen LogP contribution >= 0.6 is 0 Å². The Kier molecular flexibility index (Phi) is 3.87. The number of fused-ring (bicyclic) bond motifs is 2. The van der Waals surface area contributed by atoms with Gasteiger partial charge in [0.15, 0.2) is 5.65 Å². The average molecular weight is 343 g/mol. The summed E-state index contributed by atoms with van der Waals surface area (Å²) in [4.78, 5) is 7.12. The van der Waals surface area contributed by atoms with Crippen LogP contribution in [0.3, 0.4) is 0 Å². The van der Waals surface area contributed by atoms with Crippen LogP contribution in [0.15, 0.2) is 60.9 Å². The topological polar surface area (TPSA) is 46.3 Å². The number of rotatable bonds is 3. The second-order valence-electron chi connectivity index (χ2n) is 7.03. The molecule has 0 atom stereocenters. The molecule has 0 N–H and O–H groups in total. The monoisotopic (exact) mass is 343 g/mol. The Balaban J connectivity index is 1.31. The second kappa shape index (κ2) is 6.50. The van der Waals surface area contributed by atoms with E-state index in [2.05, 4.69) is 54.9 Å². The zero-order chi connectivity index (χ0) is 17.3. The molecule has 4 aromatic rings. The number of para-hydroxylation sites is 1. The lowest BCUT2D eigenvalue weighted by atomic mass is 9.95. The predicted molar refractivity (Wildman–Crippen MR) is 102 cm³/mol. The van der Waals surface area contributed by atoms with Gasteiger partial charge in [-0.1, -0.05) is 30.3 Å². The van der Waals surface area contributed by atoms with Crippen LogP contribution in [0, 0.1) is 0 Å². The van der Waals surface area contributed by atoms with Gasteiger partial charge in [0.2, 0.25) is 0 Å². The van der Waals surface area contributed by atoms with Crippen LogP contribution in [-0.2, 0) is 6.54 Å². The lowest BCUT2D eigenvalue weighted by Gasteiger charge is -2.31. The van der Waals surface area contributed by atoms with E-state index in [4.69, 9.17) is 0 Å². The summed E-state index contributed by atoms with van der Waals surface area (Å²) in [6.45, 7) is 3.12. The van der Waals surface area contributed by atoms with E-state index in [0.717, 1.165) is 49.5 Å². The molecule has 1 fully saturated rings. The zero-order valence-electron chi connectivity index (χ0n) is 14.6.